The first-order chi connectivity index (χ1) is 35.2. The molecule has 1 spiro atoms. The lowest BCUT2D eigenvalue weighted by Crippen LogP contribution is -2.74. The number of rotatable bonds is 7. The van der Waals surface area contributed by atoms with Gasteiger partial charge < -0.3 is 0 Å². The van der Waals surface area contributed by atoms with E-state index in [9.17, 15) is 0 Å². The van der Waals surface area contributed by atoms with E-state index in [-0.39, 0.29) is 5.41 Å². The highest BCUT2D eigenvalue weighted by molar-refractivity contribution is 7.19. The van der Waals surface area contributed by atoms with Crippen LogP contribution in [-0.4, -0.2) is 8.07 Å². The zero-order valence-corrected chi connectivity index (χ0v) is 40.9. The van der Waals surface area contributed by atoms with Crippen LogP contribution in [0.4, 0.5) is 0 Å². The summed E-state index contributed by atoms with van der Waals surface area (Å²) in [6.07, 6.45) is 6.99. The Bertz CT molecular complexity index is 3690. The van der Waals surface area contributed by atoms with Crippen molar-refractivity contribution in [2.45, 2.75) is 37.5 Å². The van der Waals surface area contributed by atoms with Crippen LogP contribution in [-0.2, 0) is 5.41 Å². The molecule has 338 valence electrons. The minimum atomic E-state index is -2.68. The Morgan fingerprint density at radius 1 is 0.282 bits per heavy atom. The fourth-order valence-corrected chi connectivity index (χ4v) is 20.6. The Labute approximate surface area is 418 Å². The summed E-state index contributed by atoms with van der Waals surface area (Å²) in [5.41, 5.74) is 14.3. The van der Waals surface area contributed by atoms with Crippen LogP contribution in [0.15, 0.2) is 243 Å². The maximum atomic E-state index is 2.52. The highest BCUT2D eigenvalue weighted by Gasteiger charge is 2.62. The fraction of sp³-hybridized carbons (Fsp3) is 0.143. The van der Waals surface area contributed by atoms with E-state index in [1.807, 2.05) is 0 Å². The van der Waals surface area contributed by atoms with E-state index in [0.29, 0.717) is 11.8 Å². The molecule has 11 aromatic carbocycles. The molecule has 4 saturated carbocycles. The van der Waals surface area contributed by atoms with Crippen molar-refractivity contribution in [3.8, 4) is 44.5 Å². The lowest BCUT2D eigenvalue weighted by Gasteiger charge is -2.61. The third-order valence-corrected chi connectivity index (χ3v) is 23.0. The molecule has 0 radical (unpaired) electrons. The molecule has 0 amide bonds. The third kappa shape index (κ3) is 5.85. The van der Waals surface area contributed by atoms with Gasteiger partial charge in [-0.15, -0.1) is 0 Å². The van der Waals surface area contributed by atoms with E-state index >= 15 is 0 Å². The van der Waals surface area contributed by atoms with Crippen molar-refractivity contribution in [1.82, 2.24) is 0 Å². The number of hydrogen-bond acceptors (Lipinski definition) is 0. The van der Waals surface area contributed by atoms with Crippen LogP contribution in [0.25, 0.3) is 76.8 Å². The standard InChI is InChI=1S/C70H54Si/c1-4-19-51(20-5-1)71(52-21-6-2-7-22-52,53-23-8-3-9-24-53)54-39-37-48(38-40-54)67-60-26-10-12-28-62(60)68(63-29-13-11-27-61(63)67)59-33-17-30-55-56(59)31-16-32-57(55)64-34-18-35-65-58-25-14-15-36-66(58)70(69(64)65)49-42-46-41-47(44-49)45-50(70)43-46/h1-40,46-47,49-50H,41-45H2. The van der Waals surface area contributed by atoms with E-state index < -0.39 is 8.07 Å². The normalized spacial score (nSPS) is 20.7. The molecule has 0 unspecified atom stereocenters. The van der Waals surface area contributed by atoms with Gasteiger partial charge in [0.25, 0.3) is 0 Å². The molecule has 1 heteroatoms. The summed E-state index contributed by atoms with van der Waals surface area (Å²) in [5.74, 6) is 3.23. The molecule has 4 bridgehead atoms. The molecule has 5 aliphatic rings. The van der Waals surface area contributed by atoms with Crippen molar-refractivity contribution >= 4 is 61.1 Å². The van der Waals surface area contributed by atoms with E-state index in [1.54, 1.807) is 11.1 Å². The Kier molecular flexibility index (Phi) is 9.27. The monoisotopic (exact) mass is 922 g/mol. The van der Waals surface area contributed by atoms with Gasteiger partial charge in [0.2, 0.25) is 0 Å². The first-order valence-electron chi connectivity index (χ1n) is 26.2. The van der Waals surface area contributed by atoms with Crippen molar-refractivity contribution in [2.75, 3.05) is 0 Å². The highest BCUT2D eigenvalue weighted by atomic mass is 28.3. The topological polar surface area (TPSA) is 0 Å². The Balaban J connectivity index is 0.916. The Morgan fingerprint density at radius 3 is 1.21 bits per heavy atom. The molecule has 0 atom stereocenters. The van der Waals surface area contributed by atoms with E-state index in [0.717, 1.165) is 11.8 Å². The summed E-state index contributed by atoms with van der Waals surface area (Å²) in [6.45, 7) is 0. The predicted molar refractivity (Wildman–Crippen MR) is 302 cm³/mol. The number of benzene rings is 11. The van der Waals surface area contributed by atoms with Gasteiger partial charge in [0.1, 0.15) is 0 Å². The highest BCUT2D eigenvalue weighted by Crippen LogP contribution is 2.70. The molecule has 71 heavy (non-hydrogen) atoms. The quantitative estimate of drug-likeness (QED) is 0.0849. The zero-order chi connectivity index (χ0) is 46.7. The molecular weight excluding hydrogens is 869 g/mol. The second-order valence-corrected chi connectivity index (χ2v) is 25.2. The second-order valence-electron chi connectivity index (χ2n) is 21.4. The molecule has 5 aliphatic carbocycles. The molecule has 16 rings (SSSR count). The summed E-state index contributed by atoms with van der Waals surface area (Å²) < 4.78 is 0. The van der Waals surface area contributed by atoms with Crippen LogP contribution in [0.3, 0.4) is 0 Å². The van der Waals surface area contributed by atoms with Crippen molar-refractivity contribution in [3.05, 3.63) is 254 Å². The first kappa shape index (κ1) is 41.2. The SMILES string of the molecule is c1ccc([Si](c2ccccc2)(c2ccccc2)c2ccc(-c3c4ccccc4c(-c4cccc5c(-c6cccc7c6C6(c8ccccc8-7)C7CC8CC(C7)CC6C8)cccc45)c4ccccc34)cc2)cc1. The summed E-state index contributed by atoms with van der Waals surface area (Å²) >= 11 is 0. The van der Waals surface area contributed by atoms with Crippen LogP contribution in [0, 0.1) is 23.7 Å². The lowest BCUT2D eigenvalue weighted by atomic mass is 9.42. The number of hydrogen-bond donors (Lipinski definition) is 0. The van der Waals surface area contributed by atoms with Crippen LogP contribution in [0.2, 0.25) is 0 Å². The van der Waals surface area contributed by atoms with Gasteiger partial charge in [-0.25, -0.2) is 0 Å². The molecular formula is C70H54Si. The average Bonchev–Trinajstić information content (AvgIpc) is 3.74. The maximum Gasteiger partial charge on any atom is 0.179 e. The third-order valence-electron chi connectivity index (χ3n) is 18.2. The summed E-state index contributed by atoms with van der Waals surface area (Å²) in [7, 11) is -2.68. The average molecular weight is 923 g/mol. The van der Waals surface area contributed by atoms with Crippen LogP contribution < -0.4 is 20.7 Å². The lowest BCUT2D eigenvalue weighted by molar-refractivity contribution is -0.0397. The molecule has 11 aromatic rings. The van der Waals surface area contributed by atoms with Gasteiger partial charge in [-0.3, -0.25) is 0 Å². The molecule has 0 aliphatic heterocycles. The summed E-state index contributed by atoms with van der Waals surface area (Å²) in [6, 6.07) is 93.0. The maximum absolute atomic E-state index is 2.68. The molecule has 0 nitrogen and oxygen atoms in total. The van der Waals surface area contributed by atoms with Gasteiger partial charge in [0, 0.05) is 5.41 Å². The zero-order valence-electron chi connectivity index (χ0n) is 39.9. The van der Waals surface area contributed by atoms with Crippen molar-refractivity contribution in [2.24, 2.45) is 23.7 Å². The molecule has 0 saturated heterocycles. The Hall–Kier alpha value is -7.58. The largest absolute Gasteiger partial charge is 0.179 e. The minimum absolute atomic E-state index is 0.0878. The van der Waals surface area contributed by atoms with Gasteiger partial charge in [0.15, 0.2) is 8.07 Å². The van der Waals surface area contributed by atoms with E-state index in [4.69, 9.17) is 0 Å². The predicted octanol–water partition coefficient (Wildman–Crippen LogP) is 15.2. The van der Waals surface area contributed by atoms with Gasteiger partial charge in [0.05, 0.1) is 0 Å². The van der Waals surface area contributed by atoms with Crippen LogP contribution in [0.1, 0.15) is 43.2 Å². The molecule has 0 aromatic heterocycles. The van der Waals surface area contributed by atoms with Crippen molar-refractivity contribution in [3.63, 3.8) is 0 Å². The number of fused-ring (bicyclic) bond motifs is 6. The van der Waals surface area contributed by atoms with Gasteiger partial charge >= 0.3 is 0 Å². The Morgan fingerprint density at radius 2 is 0.662 bits per heavy atom. The summed E-state index contributed by atoms with van der Waals surface area (Å²) in [5, 5.41) is 13.3. The molecule has 4 fully saturated rings. The van der Waals surface area contributed by atoms with E-state index in [2.05, 4.69) is 243 Å². The van der Waals surface area contributed by atoms with Gasteiger partial charge in [-0.2, -0.15) is 0 Å². The van der Waals surface area contributed by atoms with Crippen LogP contribution >= 0.6 is 0 Å². The van der Waals surface area contributed by atoms with E-state index in [1.165, 1.54) is 130 Å². The van der Waals surface area contributed by atoms with Crippen LogP contribution in [0.5, 0.6) is 0 Å². The smallest absolute Gasteiger partial charge is 0.0623 e. The molecule has 0 heterocycles. The van der Waals surface area contributed by atoms with Gasteiger partial charge in [-0.1, -0.05) is 243 Å². The van der Waals surface area contributed by atoms with Crippen molar-refractivity contribution in [1.29, 1.82) is 0 Å². The first-order valence-corrected chi connectivity index (χ1v) is 28.2. The summed E-state index contributed by atoms with van der Waals surface area (Å²) in [4.78, 5) is 0. The fourth-order valence-electron chi connectivity index (χ4n) is 15.9. The minimum Gasteiger partial charge on any atom is -0.0623 e. The molecule has 0 N–H and O–H groups in total. The second kappa shape index (κ2) is 16.0. The van der Waals surface area contributed by atoms with Gasteiger partial charge in [-0.05, 0) is 164 Å². The van der Waals surface area contributed by atoms with Crippen molar-refractivity contribution < 1.29 is 0 Å².